The van der Waals surface area contributed by atoms with Gasteiger partial charge in [0.1, 0.15) is 17.9 Å². The van der Waals surface area contributed by atoms with Crippen LogP contribution >= 0.6 is 11.6 Å². The summed E-state index contributed by atoms with van der Waals surface area (Å²) in [5.41, 5.74) is 0.504. The highest BCUT2D eigenvalue weighted by molar-refractivity contribution is 6.36. The summed E-state index contributed by atoms with van der Waals surface area (Å²) in [6, 6.07) is 12.2. The summed E-state index contributed by atoms with van der Waals surface area (Å²) < 4.78 is 5.74. The number of pyridine rings is 1. The zero-order valence-electron chi connectivity index (χ0n) is 11.8. The molecule has 0 amide bonds. The summed E-state index contributed by atoms with van der Waals surface area (Å²) in [4.78, 5) is 14.2. The summed E-state index contributed by atoms with van der Waals surface area (Å²) in [6.07, 6.45) is 1.41. The van der Waals surface area contributed by atoms with E-state index >= 15 is 0 Å². The van der Waals surface area contributed by atoms with E-state index in [1.165, 1.54) is 6.20 Å². The lowest BCUT2D eigenvalue weighted by molar-refractivity contribution is -0.385. The van der Waals surface area contributed by atoms with E-state index in [1.54, 1.807) is 6.07 Å². The average Bonchev–Trinajstić information content (AvgIpc) is 2.56. The molecule has 6 nitrogen and oxygen atoms in total. The van der Waals surface area contributed by atoms with Crippen molar-refractivity contribution < 1.29 is 14.8 Å². The molecule has 23 heavy (non-hydrogen) atoms. The van der Waals surface area contributed by atoms with Gasteiger partial charge in [-0.15, -0.1) is 0 Å². The van der Waals surface area contributed by atoms with Crippen LogP contribution in [0.15, 0.2) is 48.7 Å². The van der Waals surface area contributed by atoms with Crippen molar-refractivity contribution in [3.05, 3.63) is 69.4 Å². The maximum atomic E-state index is 10.9. The Kier molecular flexibility index (Phi) is 3.99. The summed E-state index contributed by atoms with van der Waals surface area (Å²) >= 11 is 6.13. The Labute approximate surface area is 136 Å². The van der Waals surface area contributed by atoms with Crippen LogP contribution in [0.3, 0.4) is 0 Å². The van der Waals surface area contributed by atoms with E-state index in [4.69, 9.17) is 16.3 Å². The zero-order valence-corrected chi connectivity index (χ0v) is 12.5. The number of nitro groups is 1. The predicted molar refractivity (Wildman–Crippen MR) is 85.8 cm³/mol. The monoisotopic (exact) mass is 330 g/mol. The standard InChI is InChI=1S/C16H11ClN2O4/c17-11-8-12(19(21)22)16(20)15-14(11)13(6-7-18-15)23-9-10-4-2-1-3-5-10/h1-8,20H,9H2. The molecule has 1 heterocycles. The van der Waals surface area contributed by atoms with Gasteiger partial charge in [-0.25, -0.2) is 0 Å². The second-order valence-electron chi connectivity index (χ2n) is 4.79. The second kappa shape index (κ2) is 6.10. The molecule has 0 atom stereocenters. The molecule has 0 fully saturated rings. The minimum absolute atomic E-state index is 0.0368. The Morgan fingerprint density at radius 3 is 2.70 bits per heavy atom. The molecule has 116 valence electrons. The van der Waals surface area contributed by atoms with E-state index in [9.17, 15) is 15.2 Å². The highest BCUT2D eigenvalue weighted by Gasteiger charge is 2.22. The quantitative estimate of drug-likeness (QED) is 0.575. The Hall–Kier alpha value is -2.86. The molecule has 2 aromatic carbocycles. The van der Waals surface area contributed by atoms with Crippen molar-refractivity contribution in [1.82, 2.24) is 4.98 Å². The molecular formula is C16H11ClN2O4. The Morgan fingerprint density at radius 1 is 1.26 bits per heavy atom. The number of aromatic nitrogens is 1. The smallest absolute Gasteiger partial charge is 0.314 e. The van der Waals surface area contributed by atoms with Gasteiger partial charge in [-0.3, -0.25) is 15.1 Å². The van der Waals surface area contributed by atoms with E-state index in [-0.39, 0.29) is 10.5 Å². The Bertz CT molecular complexity index is 884. The SMILES string of the molecule is O=[N+]([O-])c1cc(Cl)c2c(OCc3ccccc3)ccnc2c1O. The number of hydrogen-bond donors (Lipinski definition) is 1. The first-order valence-corrected chi connectivity index (χ1v) is 7.07. The lowest BCUT2D eigenvalue weighted by Crippen LogP contribution is -1.98. The molecule has 0 aliphatic carbocycles. The third-order valence-electron chi connectivity index (χ3n) is 3.32. The fourth-order valence-electron chi connectivity index (χ4n) is 2.23. The lowest BCUT2D eigenvalue weighted by Gasteiger charge is -2.11. The van der Waals surface area contributed by atoms with Gasteiger partial charge in [0, 0.05) is 12.3 Å². The van der Waals surface area contributed by atoms with Crippen LogP contribution in [-0.4, -0.2) is 15.0 Å². The van der Waals surface area contributed by atoms with Crippen LogP contribution in [0, 0.1) is 10.1 Å². The maximum absolute atomic E-state index is 10.9. The number of benzene rings is 2. The van der Waals surface area contributed by atoms with Gasteiger partial charge in [0.25, 0.3) is 0 Å². The van der Waals surface area contributed by atoms with E-state index in [2.05, 4.69) is 4.98 Å². The van der Waals surface area contributed by atoms with E-state index in [0.717, 1.165) is 11.6 Å². The summed E-state index contributed by atoms with van der Waals surface area (Å²) in [7, 11) is 0. The van der Waals surface area contributed by atoms with Crippen molar-refractivity contribution >= 4 is 28.2 Å². The van der Waals surface area contributed by atoms with Crippen LogP contribution in [0.5, 0.6) is 11.5 Å². The highest BCUT2D eigenvalue weighted by atomic mass is 35.5. The molecule has 1 N–H and O–H groups in total. The molecule has 3 rings (SSSR count). The maximum Gasteiger partial charge on any atom is 0.314 e. The fraction of sp³-hybridized carbons (Fsp3) is 0.0625. The van der Waals surface area contributed by atoms with Crippen molar-refractivity contribution in [1.29, 1.82) is 0 Å². The average molecular weight is 331 g/mol. The first-order valence-electron chi connectivity index (χ1n) is 6.69. The van der Waals surface area contributed by atoms with E-state index in [0.29, 0.717) is 17.7 Å². The first kappa shape index (κ1) is 15.1. The molecule has 0 aliphatic rings. The van der Waals surface area contributed by atoms with Gasteiger partial charge in [0.15, 0.2) is 0 Å². The van der Waals surface area contributed by atoms with Crippen LogP contribution in [-0.2, 0) is 6.61 Å². The molecular weight excluding hydrogens is 320 g/mol. The molecule has 0 spiro atoms. The number of phenols is 1. The third-order valence-corrected chi connectivity index (χ3v) is 3.61. The zero-order chi connectivity index (χ0) is 16.4. The number of ether oxygens (including phenoxy) is 1. The number of nitrogens with zero attached hydrogens (tertiary/aromatic N) is 2. The van der Waals surface area contributed by atoms with Gasteiger partial charge >= 0.3 is 5.69 Å². The number of phenolic OH excluding ortho intramolecular Hbond substituents is 1. The van der Waals surface area contributed by atoms with Gasteiger partial charge in [0.2, 0.25) is 5.75 Å². The van der Waals surface area contributed by atoms with Gasteiger partial charge < -0.3 is 9.84 Å². The normalized spacial score (nSPS) is 10.7. The van der Waals surface area contributed by atoms with Crippen molar-refractivity contribution in [2.75, 3.05) is 0 Å². The van der Waals surface area contributed by atoms with Gasteiger partial charge in [-0.05, 0) is 11.6 Å². The number of halogens is 1. The van der Waals surface area contributed by atoms with Gasteiger partial charge in [-0.2, -0.15) is 0 Å². The van der Waals surface area contributed by atoms with Crippen LogP contribution < -0.4 is 4.74 Å². The van der Waals surface area contributed by atoms with E-state index in [1.807, 2.05) is 30.3 Å². The molecule has 0 radical (unpaired) electrons. The minimum Gasteiger partial charge on any atom is -0.501 e. The number of nitro benzene ring substituents is 1. The molecule has 1 aromatic heterocycles. The molecule has 0 saturated carbocycles. The Balaban J connectivity index is 2.05. The van der Waals surface area contributed by atoms with Gasteiger partial charge in [-0.1, -0.05) is 41.9 Å². The number of rotatable bonds is 4. The predicted octanol–water partition coefficient (Wildman–Crippen LogP) is 4.08. The molecule has 7 heteroatoms. The summed E-state index contributed by atoms with van der Waals surface area (Å²) in [6.45, 7) is 0.300. The molecule has 0 saturated heterocycles. The number of fused-ring (bicyclic) bond motifs is 1. The minimum atomic E-state index is -0.708. The fourth-order valence-corrected chi connectivity index (χ4v) is 2.52. The number of hydrogen-bond acceptors (Lipinski definition) is 5. The van der Waals surface area contributed by atoms with E-state index < -0.39 is 16.4 Å². The van der Waals surface area contributed by atoms with Crippen LogP contribution in [0.25, 0.3) is 10.9 Å². The van der Waals surface area contributed by atoms with Crippen molar-refractivity contribution in [2.45, 2.75) is 6.61 Å². The van der Waals surface area contributed by atoms with Crippen LogP contribution in [0.4, 0.5) is 5.69 Å². The molecule has 0 bridgehead atoms. The largest absolute Gasteiger partial charge is 0.501 e. The van der Waals surface area contributed by atoms with Crippen LogP contribution in [0.1, 0.15) is 5.56 Å². The lowest BCUT2D eigenvalue weighted by atomic mass is 10.1. The summed E-state index contributed by atoms with van der Waals surface area (Å²) in [5.74, 6) is -0.131. The van der Waals surface area contributed by atoms with Crippen LogP contribution in [0.2, 0.25) is 5.02 Å². The van der Waals surface area contributed by atoms with Crippen molar-refractivity contribution in [3.63, 3.8) is 0 Å². The first-order chi connectivity index (χ1) is 11.1. The highest BCUT2D eigenvalue weighted by Crippen LogP contribution is 2.41. The van der Waals surface area contributed by atoms with Crippen molar-refractivity contribution in [3.8, 4) is 11.5 Å². The molecule has 0 aliphatic heterocycles. The molecule has 3 aromatic rings. The molecule has 0 unspecified atom stereocenters. The second-order valence-corrected chi connectivity index (χ2v) is 5.20. The third kappa shape index (κ3) is 2.89. The Morgan fingerprint density at radius 2 is 2.00 bits per heavy atom. The number of aromatic hydroxyl groups is 1. The summed E-state index contributed by atoms with van der Waals surface area (Å²) in [5, 5.41) is 21.4. The van der Waals surface area contributed by atoms with Gasteiger partial charge in [0.05, 0.1) is 15.3 Å². The van der Waals surface area contributed by atoms with Crippen molar-refractivity contribution in [2.24, 2.45) is 0 Å². The topological polar surface area (TPSA) is 85.5 Å².